The predicted molar refractivity (Wildman–Crippen MR) is 222 cm³/mol. The largest absolute Gasteiger partial charge is 0.493 e. The minimum absolute atomic E-state index is 0.0417. The molecule has 0 bridgehead atoms. The van der Waals surface area contributed by atoms with Crippen LogP contribution >= 0.6 is 24.4 Å². The molecule has 1 unspecified atom stereocenters. The highest BCUT2D eigenvalue weighted by molar-refractivity contribution is 8.11. The zero-order valence-corrected chi connectivity index (χ0v) is 34.2. The fourth-order valence-electron chi connectivity index (χ4n) is 7.26. The Bertz CT molecular complexity index is 1840. The first kappa shape index (κ1) is 42.5. The average molecular weight is 809 g/mol. The summed E-state index contributed by atoms with van der Waals surface area (Å²) in [5.74, 6) is 1.81. The number of amides is 3. The van der Waals surface area contributed by atoms with E-state index in [1.807, 2.05) is 24.8 Å². The number of rotatable bonds is 14. The third-order valence-corrected chi connectivity index (χ3v) is 11.3. The van der Waals surface area contributed by atoms with Crippen LogP contribution in [0.4, 0.5) is 16.2 Å². The summed E-state index contributed by atoms with van der Waals surface area (Å²) in [6.45, 7) is 14.3. The normalized spacial score (nSPS) is 20.0. The lowest BCUT2D eigenvalue weighted by molar-refractivity contribution is 0.0493. The van der Waals surface area contributed by atoms with E-state index in [9.17, 15) is 19.5 Å². The number of terminal acetylenes is 1. The van der Waals surface area contributed by atoms with Crippen molar-refractivity contribution in [2.75, 3.05) is 69.6 Å². The number of carbonyl (C=O) groups excluding carboxylic acids is 3. The van der Waals surface area contributed by atoms with Crippen LogP contribution < -0.4 is 29.2 Å². The Morgan fingerprint density at radius 1 is 0.893 bits per heavy atom. The quantitative estimate of drug-likeness (QED) is 0.0659. The van der Waals surface area contributed by atoms with E-state index in [0.717, 1.165) is 41.0 Å². The number of fused-ring (bicyclic) bond motifs is 4. The van der Waals surface area contributed by atoms with Crippen LogP contribution in [0.1, 0.15) is 66.7 Å². The molecule has 2 N–H and O–H groups in total. The first-order chi connectivity index (χ1) is 26.8. The van der Waals surface area contributed by atoms with Crippen molar-refractivity contribution in [1.29, 1.82) is 0 Å². The summed E-state index contributed by atoms with van der Waals surface area (Å²) in [7, 11) is 3.04. The maximum atomic E-state index is 13.8. The third kappa shape index (κ3) is 9.47. The summed E-state index contributed by atoms with van der Waals surface area (Å²) < 4.78 is 28.8. The first-order valence-corrected chi connectivity index (χ1v) is 20.0. The van der Waals surface area contributed by atoms with Crippen molar-refractivity contribution in [2.45, 2.75) is 68.3 Å². The number of nitrogens with one attached hydrogen (secondary N) is 1. The molecule has 0 aliphatic carbocycles. The number of anilines is 2. The van der Waals surface area contributed by atoms with Gasteiger partial charge in [0.05, 0.1) is 66.1 Å². The lowest BCUT2D eigenvalue weighted by Crippen LogP contribution is -2.51. The molecular weight excluding hydrogens is 757 g/mol. The molecule has 0 aromatic heterocycles. The molecule has 0 radical (unpaired) electrons. The van der Waals surface area contributed by atoms with Gasteiger partial charge in [-0.15, -0.1) is 24.6 Å². The average Bonchev–Trinajstić information content (AvgIpc) is 3.71. The van der Waals surface area contributed by atoms with Crippen molar-refractivity contribution in [1.82, 2.24) is 9.80 Å². The van der Waals surface area contributed by atoms with Crippen LogP contribution in [-0.4, -0.2) is 115 Å². The van der Waals surface area contributed by atoms with Crippen molar-refractivity contribution in [3.63, 3.8) is 0 Å². The molecular formula is C41H52N4O9S2. The molecule has 6 rings (SSSR count). The van der Waals surface area contributed by atoms with Crippen LogP contribution in [0.5, 0.6) is 23.0 Å². The monoisotopic (exact) mass is 808 g/mol. The van der Waals surface area contributed by atoms with Crippen LogP contribution in [0.3, 0.4) is 0 Å². The molecule has 2 saturated heterocycles. The van der Waals surface area contributed by atoms with E-state index in [-0.39, 0.29) is 46.3 Å². The molecule has 2 aromatic rings. The van der Waals surface area contributed by atoms with E-state index in [1.54, 1.807) is 25.3 Å². The minimum atomic E-state index is -1.37. The number of carbonyl (C=O) groups is 3. The van der Waals surface area contributed by atoms with Gasteiger partial charge in [0, 0.05) is 37.5 Å². The molecule has 0 spiro atoms. The Balaban J connectivity index is 0.00000295. The number of unbranched alkanes of at least 4 members (excludes halogenated alkanes) is 2. The smallest absolute Gasteiger partial charge is 0.416 e. The number of ether oxygens (including phenoxy) is 5. The van der Waals surface area contributed by atoms with E-state index < -0.39 is 18.4 Å². The molecule has 13 nitrogen and oxygen atoms in total. The molecule has 4 heterocycles. The van der Waals surface area contributed by atoms with Crippen molar-refractivity contribution in [2.24, 2.45) is 0 Å². The summed E-state index contributed by atoms with van der Waals surface area (Å²) in [6.07, 6.45) is 9.17. The summed E-state index contributed by atoms with van der Waals surface area (Å²) >= 11 is 6.04. The Kier molecular flexibility index (Phi) is 14.1. The second-order valence-electron chi connectivity index (χ2n) is 14.4. The van der Waals surface area contributed by atoms with Crippen molar-refractivity contribution in [3.8, 4) is 35.8 Å². The van der Waals surface area contributed by atoms with Gasteiger partial charge in [-0.25, -0.2) is 9.69 Å². The van der Waals surface area contributed by atoms with Gasteiger partial charge in [0.15, 0.2) is 29.2 Å². The van der Waals surface area contributed by atoms with Gasteiger partial charge in [-0.2, -0.15) is 12.6 Å². The van der Waals surface area contributed by atoms with Crippen molar-refractivity contribution < 1.29 is 43.2 Å². The Hall–Kier alpha value is -4.65. The fraction of sp³-hybridized carbons (Fsp3) is 0.488. The van der Waals surface area contributed by atoms with E-state index in [2.05, 4.69) is 44.0 Å². The molecule has 302 valence electrons. The number of thioether (sulfide) groups is 1. The molecule has 4 aliphatic heterocycles. The minimum Gasteiger partial charge on any atom is -0.493 e. The standard InChI is InChI=1S/C39H50N4O9S2.C2H2/c1-23-14-25-20-40-28-18-33(31(48-5)16-26(28)35(44)41(25)21-23)50-10-8-7-9-11-51-34-19-29-27(17-32(34)49-6)36(45)42-22-24(2)15-30(42)37(46)43(29)38(47)52-12-13-54-39(3,4)53;1-2/h16-19,25,30,37,40,46,53H,1-2,7-15,20-22H2,3-6H3;1-2H/t25?,30-,37-;/m0./s1. The van der Waals surface area contributed by atoms with Crippen LogP contribution in [0, 0.1) is 12.8 Å². The molecule has 2 fully saturated rings. The number of thiol groups is 1. The predicted octanol–water partition coefficient (Wildman–Crippen LogP) is 6.22. The number of hydrogen-bond donors (Lipinski definition) is 3. The van der Waals surface area contributed by atoms with Gasteiger partial charge in [0.2, 0.25) is 0 Å². The first-order valence-electron chi connectivity index (χ1n) is 18.5. The van der Waals surface area contributed by atoms with Gasteiger partial charge in [-0.05, 0) is 58.1 Å². The summed E-state index contributed by atoms with van der Waals surface area (Å²) in [6, 6.07) is 6.08. The summed E-state index contributed by atoms with van der Waals surface area (Å²) in [4.78, 5) is 45.3. The maximum absolute atomic E-state index is 13.8. The lowest BCUT2D eigenvalue weighted by Gasteiger charge is -2.31. The fourth-order valence-corrected chi connectivity index (χ4v) is 8.20. The second-order valence-corrected chi connectivity index (χ2v) is 17.5. The lowest BCUT2D eigenvalue weighted by atomic mass is 10.1. The molecule has 3 atom stereocenters. The van der Waals surface area contributed by atoms with Gasteiger partial charge < -0.3 is 43.9 Å². The van der Waals surface area contributed by atoms with Gasteiger partial charge >= 0.3 is 6.09 Å². The zero-order valence-electron chi connectivity index (χ0n) is 32.5. The molecule has 4 aliphatic rings. The highest BCUT2D eigenvalue weighted by Crippen LogP contribution is 2.42. The van der Waals surface area contributed by atoms with E-state index in [4.69, 9.17) is 23.7 Å². The molecule has 56 heavy (non-hydrogen) atoms. The molecule has 2 aromatic carbocycles. The number of nitrogens with zero attached hydrogens (tertiary/aromatic N) is 3. The summed E-state index contributed by atoms with van der Waals surface area (Å²) in [5.41, 5.74) is 3.49. The Labute approximate surface area is 339 Å². The number of benzene rings is 2. The Morgan fingerprint density at radius 2 is 1.48 bits per heavy atom. The zero-order chi connectivity index (χ0) is 40.7. The highest BCUT2D eigenvalue weighted by atomic mass is 32.2. The van der Waals surface area contributed by atoms with Gasteiger partial charge in [-0.3, -0.25) is 9.59 Å². The van der Waals surface area contributed by atoms with E-state index >= 15 is 0 Å². The third-order valence-electron chi connectivity index (χ3n) is 9.88. The van der Waals surface area contributed by atoms with Crippen LogP contribution in [0.2, 0.25) is 0 Å². The number of aliphatic hydroxyl groups excluding tert-OH is 1. The van der Waals surface area contributed by atoms with Crippen LogP contribution in [0.15, 0.2) is 48.6 Å². The van der Waals surface area contributed by atoms with Crippen molar-refractivity contribution >= 4 is 53.7 Å². The van der Waals surface area contributed by atoms with Gasteiger partial charge in [0.1, 0.15) is 6.61 Å². The topological polar surface area (TPSA) is 139 Å². The van der Waals surface area contributed by atoms with E-state index in [1.165, 1.54) is 23.8 Å². The van der Waals surface area contributed by atoms with E-state index in [0.29, 0.717) is 73.5 Å². The number of aliphatic hydroxyl groups is 1. The Morgan fingerprint density at radius 3 is 2.12 bits per heavy atom. The summed E-state index contributed by atoms with van der Waals surface area (Å²) in [5, 5.41) is 15.0. The van der Waals surface area contributed by atoms with Crippen LogP contribution in [-0.2, 0) is 4.74 Å². The highest BCUT2D eigenvalue weighted by Gasteiger charge is 2.46. The van der Waals surface area contributed by atoms with Crippen LogP contribution in [0.25, 0.3) is 0 Å². The molecule has 3 amide bonds. The van der Waals surface area contributed by atoms with Crippen molar-refractivity contribution in [3.05, 3.63) is 59.7 Å². The van der Waals surface area contributed by atoms with Gasteiger partial charge in [-0.1, -0.05) is 24.3 Å². The SMILES string of the molecule is C#C.C=C1CC2CNc3cc(OCCCCCOc4cc5c(cc4OC)C(=O)N4CC(=C)C[C@H]4[C@H](O)N5C(=O)OCCSC(C)(C)S)c(OC)cc3C(=O)N2C1. The second kappa shape index (κ2) is 18.5. The molecule has 0 saturated carbocycles. The van der Waals surface area contributed by atoms with Gasteiger partial charge in [0.25, 0.3) is 11.8 Å². The maximum Gasteiger partial charge on any atom is 0.416 e. The number of methoxy groups -OCH3 is 2. The molecule has 15 heteroatoms. The number of hydrogen-bond acceptors (Lipinski definition) is 12.